The fourth-order valence-electron chi connectivity index (χ4n) is 2.69. The number of ether oxygens (including phenoxy) is 2. The molecule has 0 bridgehead atoms. The van der Waals surface area contributed by atoms with Crippen LogP contribution < -0.4 is 14.8 Å². The highest BCUT2D eigenvalue weighted by molar-refractivity contribution is 6.42. The molecule has 0 fully saturated rings. The Morgan fingerprint density at radius 2 is 1.67 bits per heavy atom. The summed E-state index contributed by atoms with van der Waals surface area (Å²) in [6.45, 7) is 0. The predicted octanol–water partition coefficient (Wildman–Crippen LogP) is 6.42. The van der Waals surface area contributed by atoms with Crippen molar-refractivity contribution < 1.29 is 19.1 Å². The molecule has 1 N–H and O–H groups in total. The Bertz CT molecular complexity index is 1280. The SMILES string of the molecule is COc1cc(/C=C(\C#N)C(=O)Nc2ccc(Cl)c(Cl)c2)ccc1OC(=O)c1ccc(Cl)cc1. The van der Waals surface area contributed by atoms with Crippen LogP contribution in [0.5, 0.6) is 11.5 Å². The lowest BCUT2D eigenvalue weighted by Gasteiger charge is -2.10. The predicted molar refractivity (Wildman–Crippen MR) is 128 cm³/mol. The van der Waals surface area contributed by atoms with Gasteiger partial charge in [-0.1, -0.05) is 40.9 Å². The van der Waals surface area contributed by atoms with Crippen LogP contribution in [0.25, 0.3) is 6.08 Å². The van der Waals surface area contributed by atoms with E-state index in [1.165, 1.54) is 37.5 Å². The largest absolute Gasteiger partial charge is 0.493 e. The highest BCUT2D eigenvalue weighted by Gasteiger charge is 2.15. The second-order valence-corrected chi connectivity index (χ2v) is 7.81. The Hall–Kier alpha value is -3.50. The highest BCUT2D eigenvalue weighted by atomic mass is 35.5. The lowest BCUT2D eigenvalue weighted by Crippen LogP contribution is -2.13. The molecule has 0 aliphatic rings. The summed E-state index contributed by atoms with van der Waals surface area (Å²) in [5.41, 5.74) is 1.03. The summed E-state index contributed by atoms with van der Waals surface area (Å²) >= 11 is 17.7. The summed E-state index contributed by atoms with van der Waals surface area (Å²) in [5, 5.41) is 13.1. The number of carbonyl (C=O) groups excluding carboxylic acids is 2. The van der Waals surface area contributed by atoms with Crippen LogP contribution in [0.2, 0.25) is 15.1 Å². The van der Waals surface area contributed by atoms with Crippen molar-refractivity contribution >= 4 is 58.4 Å². The number of nitrogens with one attached hydrogen (secondary N) is 1. The van der Waals surface area contributed by atoms with Crippen LogP contribution in [-0.4, -0.2) is 19.0 Å². The first kappa shape index (κ1) is 24.1. The molecule has 3 aromatic carbocycles. The molecule has 9 heteroatoms. The van der Waals surface area contributed by atoms with Crippen molar-refractivity contribution in [3.05, 3.63) is 92.4 Å². The number of carbonyl (C=O) groups is 2. The van der Waals surface area contributed by atoms with Crippen LogP contribution >= 0.6 is 34.8 Å². The second-order valence-electron chi connectivity index (χ2n) is 6.56. The molecular formula is C24H15Cl3N2O4. The van der Waals surface area contributed by atoms with Gasteiger partial charge >= 0.3 is 5.97 Å². The van der Waals surface area contributed by atoms with E-state index in [1.807, 2.05) is 6.07 Å². The van der Waals surface area contributed by atoms with E-state index in [-0.39, 0.29) is 22.1 Å². The third-order valence-electron chi connectivity index (χ3n) is 4.32. The zero-order valence-corrected chi connectivity index (χ0v) is 19.3. The summed E-state index contributed by atoms with van der Waals surface area (Å²) < 4.78 is 10.7. The molecule has 33 heavy (non-hydrogen) atoms. The van der Waals surface area contributed by atoms with Gasteiger partial charge in [0.1, 0.15) is 11.6 Å². The number of esters is 1. The van der Waals surface area contributed by atoms with E-state index in [0.717, 1.165) is 0 Å². The molecule has 0 aliphatic carbocycles. The molecule has 6 nitrogen and oxygen atoms in total. The van der Waals surface area contributed by atoms with Gasteiger partial charge in [0, 0.05) is 10.7 Å². The lowest BCUT2D eigenvalue weighted by atomic mass is 10.1. The lowest BCUT2D eigenvalue weighted by molar-refractivity contribution is -0.112. The first-order chi connectivity index (χ1) is 15.8. The highest BCUT2D eigenvalue weighted by Crippen LogP contribution is 2.30. The first-order valence-corrected chi connectivity index (χ1v) is 10.5. The molecule has 0 saturated heterocycles. The molecule has 0 radical (unpaired) electrons. The van der Waals surface area contributed by atoms with Crippen LogP contribution in [0, 0.1) is 11.3 Å². The van der Waals surface area contributed by atoms with Crippen LogP contribution in [-0.2, 0) is 4.79 Å². The maximum absolute atomic E-state index is 12.5. The van der Waals surface area contributed by atoms with Crippen molar-refractivity contribution in [2.75, 3.05) is 12.4 Å². The molecule has 1 amide bonds. The molecule has 0 unspecified atom stereocenters. The molecule has 0 saturated carbocycles. The van der Waals surface area contributed by atoms with Crippen molar-refractivity contribution in [2.24, 2.45) is 0 Å². The van der Waals surface area contributed by atoms with E-state index in [4.69, 9.17) is 44.3 Å². The normalized spacial score (nSPS) is 10.8. The maximum atomic E-state index is 12.5. The average Bonchev–Trinajstić information content (AvgIpc) is 2.80. The summed E-state index contributed by atoms with van der Waals surface area (Å²) in [6, 6.07) is 17.3. The van der Waals surface area contributed by atoms with Gasteiger partial charge in [0.15, 0.2) is 11.5 Å². The Morgan fingerprint density at radius 1 is 0.939 bits per heavy atom. The minimum absolute atomic E-state index is 0.158. The van der Waals surface area contributed by atoms with Gasteiger partial charge in [0.2, 0.25) is 0 Å². The van der Waals surface area contributed by atoms with Crippen LogP contribution in [0.15, 0.2) is 66.2 Å². The number of methoxy groups -OCH3 is 1. The van der Waals surface area contributed by atoms with Crippen molar-refractivity contribution in [3.8, 4) is 17.6 Å². The number of hydrogen-bond acceptors (Lipinski definition) is 5. The van der Waals surface area contributed by atoms with Crippen LogP contribution in [0.4, 0.5) is 5.69 Å². The van der Waals surface area contributed by atoms with Gasteiger partial charge in [0.25, 0.3) is 5.91 Å². The molecule has 0 atom stereocenters. The number of rotatable bonds is 6. The van der Waals surface area contributed by atoms with E-state index < -0.39 is 11.9 Å². The number of amides is 1. The molecule has 0 heterocycles. The number of nitrogens with zero attached hydrogens (tertiary/aromatic N) is 1. The van der Waals surface area contributed by atoms with Gasteiger partial charge in [-0.25, -0.2) is 4.79 Å². The molecule has 3 rings (SSSR count). The van der Waals surface area contributed by atoms with E-state index in [9.17, 15) is 14.9 Å². The Balaban J connectivity index is 1.79. The van der Waals surface area contributed by atoms with E-state index in [1.54, 1.807) is 36.4 Å². The Labute approximate surface area is 204 Å². The minimum atomic E-state index is -0.631. The summed E-state index contributed by atoms with van der Waals surface area (Å²) in [6.07, 6.45) is 1.38. The molecule has 0 spiro atoms. The smallest absolute Gasteiger partial charge is 0.343 e. The summed E-state index contributed by atoms with van der Waals surface area (Å²) in [7, 11) is 1.41. The van der Waals surface area contributed by atoms with E-state index in [0.29, 0.717) is 26.9 Å². The topological polar surface area (TPSA) is 88.4 Å². The van der Waals surface area contributed by atoms with E-state index in [2.05, 4.69) is 5.32 Å². The average molecular weight is 502 g/mol. The molecule has 3 aromatic rings. The molecule has 0 aromatic heterocycles. The van der Waals surface area contributed by atoms with E-state index >= 15 is 0 Å². The zero-order valence-electron chi connectivity index (χ0n) is 17.1. The van der Waals surface area contributed by atoms with Gasteiger partial charge in [-0.2, -0.15) is 5.26 Å². The number of benzene rings is 3. The fourth-order valence-corrected chi connectivity index (χ4v) is 3.11. The molecule has 0 aliphatic heterocycles. The second kappa shape index (κ2) is 10.9. The van der Waals surface area contributed by atoms with Crippen molar-refractivity contribution in [1.82, 2.24) is 0 Å². The molecule has 166 valence electrons. The number of anilines is 1. The fraction of sp³-hybridized carbons (Fsp3) is 0.0417. The van der Waals surface area contributed by atoms with Crippen molar-refractivity contribution in [1.29, 1.82) is 5.26 Å². The van der Waals surface area contributed by atoms with Crippen LogP contribution in [0.1, 0.15) is 15.9 Å². The number of nitriles is 1. The van der Waals surface area contributed by atoms with Gasteiger partial charge in [-0.3, -0.25) is 4.79 Å². The quantitative estimate of drug-likeness (QED) is 0.182. The summed E-state index contributed by atoms with van der Waals surface area (Å²) in [4.78, 5) is 24.9. The van der Waals surface area contributed by atoms with Gasteiger partial charge < -0.3 is 14.8 Å². The Morgan fingerprint density at radius 3 is 2.30 bits per heavy atom. The monoisotopic (exact) mass is 500 g/mol. The molecular weight excluding hydrogens is 487 g/mol. The third-order valence-corrected chi connectivity index (χ3v) is 5.31. The maximum Gasteiger partial charge on any atom is 0.343 e. The number of hydrogen-bond donors (Lipinski definition) is 1. The Kier molecular flexibility index (Phi) is 7.96. The van der Waals surface area contributed by atoms with Crippen LogP contribution in [0.3, 0.4) is 0 Å². The van der Waals surface area contributed by atoms with Gasteiger partial charge in [-0.05, 0) is 66.2 Å². The standard InChI is InChI=1S/C24H15Cl3N2O4/c1-32-22-11-14(2-9-21(22)33-24(31)15-3-5-17(25)6-4-15)10-16(13-28)23(30)29-18-7-8-19(26)20(27)12-18/h2-12H,1H3,(H,29,30)/b16-10+. The minimum Gasteiger partial charge on any atom is -0.493 e. The summed E-state index contributed by atoms with van der Waals surface area (Å²) in [5.74, 6) is -0.804. The third kappa shape index (κ3) is 6.27. The van der Waals surface area contributed by atoms with Crippen molar-refractivity contribution in [3.63, 3.8) is 0 Å². The van der Waals surface area contributed by atoms with Gasteiger partial charge in [-0.15, -0.1) is 0 Å². The van der Waals surface area contributed by atoms with Gasteiger partial charge in [0.05, 0.1) is 22.7 Å². The number of halogens is 3. The zero-order chi connectivity index (χ0) is 24.0. The van der Waals surface area contributed by atoms with Crippen molar-refractivity contribution in [2.45, 2.75) is 0 Å². The first-order valence-electron chi connectivity index (χ1n) is 9.34.